The van der Waals surface area contributed by atoms with Crippen molar-refractivity contribution in [2.75, 3.05) is 32.7 Å². The Hall–Kier alpha value is -1.92. The monoisotopic (exact) mass is 403 g/mol. The van der Waals surface area contributed by atoms with Gasteiger partial charge in [-0.1, -0.05) is 35.9 Å². The van der Waals surface area contributed by atoms with Crippen LogP contribution in [0.2, 0.25) is 5.02 Å². The SMILES string of the molecule is O[C@H](Cn1ccc2ccccc21)C[NH+]1CC[NH+](Cc2c(F)cccc2Cl)CC1. The van der Waals surface area contributed by atoms with Gasteiger partial charge in [0.25, 0.3) is 0 Å². The average Bonchev–Trinajstić information content (AvgIpc) is 3.09. The van der Waals surface area contributed by atoms with Crippen LogP contribution in [-0.2, 0) is 13.1 Å². The van der Waals surface area contributed by atoms with E-state index in [9.17, 15) is 9.50 Å². The fraction of sp³-hybridized carbons (Fsp3) is 0.364. The number of aliphatic hydroxyl groups excluding tert-OH is 1. The molecule has 4 nitrogen and oxygen atoms in total. The van der Waals surface area contributed by atoms with E-state index in [1.165, 1.54) is 21.3 Å². The predicted molar refractivity (Wildman–Crippen MR) is 109 cm³/mol. The predicted octanol–water partition coefficient (Wildman–Crippen LogP) is 0.778. The van der Waals surface area contributed by atoms with Gasteiger partial charge in [-0.2, -0.15) is 0 Å². The Balaban J connectivity index is 1.28. The summed E-state index contributed by atoms with van der Waals surface area (Å²) in [6, 6.07) is 15.2. The molecule has 0 radical (unpaired) electrons. The van der Waals surface area contributed by atoms with Crippen molar-refractivity contribution in [2.24, 2.45) is 0 Å². The van der Waals surface area contributed by atoms with E-state index in [-0.39, 0.29) is 11.9 Å². The maximum Gasteiger partial charge on any atom is 0.133 e. The van der Waals surface area contributed by atoms with Crippen LogP contribution in [0.1, 0.15) is 5.56 Å². The summed E-state index contributed by atoms with van der Waals surface area (Å²) in [5, 5.41) is 12.3. The third kappa shape index (κ3) is 4.39. The van der Waals surface area contributed by atoms with E-state index in [0.717, 1.165) is 38.2 Å². The highest BCUT2D eigenvalue weighted by Crippen LogP contribution is 2.17. The summed E-state index contributed by atoms with van der Waals surface area (Å²) in [6.07, 6.45) is 1.66. The quantitative estimate of drug-likeness (QED) is 0.558. The van der Waals surface area contributed by atoms with Gasteiger partial charge >= 0.3 is 0 Å². The zero-order chi connectivity index (χ0) is 19.5. The zero-order valence-corrected chi connectivity index (χ0v) is 16.6. The number of para-hydroxylation sites is 1. The first-order chi connectivity index (χ1) is 13.6. The third-order valence-electron chi connectivity index (χ3n) is 5.76. The maximum atomic E-state index is 14.0. The van der Waals surface area contributed by atoms with Crippen molar-refractivity contribution in [2.45, 2.75) is 19.2 Å². The second-order valence-electron chi connectivity index (χ2n) is 7.76. The lowest BCUT2D eigenvalue weighted by Crippen LogP contribution is -3.28. The van der Waals surface area contributed by atoms with Crippen molar-refractivity contribution in [1.82, 2.24) is 4.57 Å². The first-order valence-electron chi connectivity index (χ1n) is 9.92. The minimum absolute atomic E-state index is 0.218. The highest BCUT2D eigenvalue weighted by atomic mass is 35.5. The molecule has 1 aromatic heterocycles. The molecule has 0 unspecified atom stereocenters. The van der Waals surface area contributed by atoms with Crippen molar-refractivity contribution < 1.29 is 19.3 Å². The molecule has 0 saturated carbocycles. The molecule has 1 aliphatic rings. The fourth-order valence-corrected chi connectivity index (χ4v) is 4.44. The fourth-order valence-electron chi connectivity index (χ4n) is 4.21. The van der Waals surface area contributed by atoms with E-state index in [4.69, 9.17) is 11.6 Å². The van der Waals surface area contributed by atoms with Gasteiger partial charge in [-0.25, -0.2) is 4.39 Å². The van der Waals surface area contributed by atoms with E-state index in [1.54, 1.807) is 12.1 Å². The Labute approximate surface area is 169 Å². The molecule has 28 heavy (non-hydrogen) atoms. The Bertz CT molecular complexity index is 916. The minimum atomic E-state index is -0.381. The molecule has 2 aromatic carbocycles. The molecule has 1 fully saturated rings. The Morgan fingerprint density at radius 1 is 1.00 bits per heavy atom. The van der Waals surface area contributed by atoms with Crippen LogP contribution >= 0.6 is 11.6 Å². The van der Waals surface area contributed by atoms with Gasteiger partial charge in [0.15, 0.2) is 0 Å². The van der Waals surface area contributed by atoms with Crippen LogP contribution in [0.15, 0.2) is 54.7 Å². The van der Waals surface area contributed by atoms with Gasteiger partial charge in [-0.3, -0.25) is 0 Å². The number of hydrogen-bond acceptors (Lipinski definition) is 1. The summed E-state index contributed by atoms with van der Waals surface area (Å²) >= 11 is 6.16. The molecule has 2 heterocycles. The Morgan fingerprint density at radius 3 is 2.54 bits per heavy atom. The van der Waals surface area contributed by atoms with Crippen LogP contribution in [0.25, 0.3) is 10.9 Å². The zero-order valence-electron chi connectivity index (χ0n) is 15.9. The highest BCUT2D eigenvalue weighted by Gasteiger charge is 2.26. The molecule has 148 valence electrons. The topological polar surface area (TPSA) is 34.0 Å². The largest absolute Gasteiger partial charge is 0.385 e. The summed E-state index contributed by atoms with van der Waals surface area (Å²) in [7, 11) is 0. The minimum Gasteiger partial charge on any atom is -0.385 e. The van der Waals surface area contributed by atoms with Crippen LogP contribution in [0.3, 0.4) is 0 Å². The Kier molecular flexibility index (Phi) is 5.97. The summed E-state index contributed by atoms with van der Waals surface area (Å²) in [5.74, 6) is -0.218. The van der Waals surface area contributed by atoms with Crippen LogP contribution in [0, 0.1) is 5.82 Å². The molecule has 3 aromatic rings. The lowest BCUT2D eigenvalue weighted by Gasteiger charge is -2.31. The number of hydrogen-bond donors (Lipinski definition) is 3. The van der Waals surface area contributed by atoms with E-state index in [1.807, 2.05) is 18.3 Å². The molecule has 1 atom stereocenters. The van der Waals surface area contributed by atoms with Crippen molar-refractivity contribution >= 4 is 22.5 Å². The molecule has 6 heteroatoms. The molecule has 0 bridgehead atoms. The van der Waals surface area contributed by atoms with Gasteiger partial charge < -0.3 is 19.5 Å². The molecular weight excluding hydrogens is 377 g/mol. The number of fused-ring (bicyclic) bond motifs is 1. The van der Waals surface area contributed by atoms with E-state index in [2.05, 4.69) is 22.8 Å². The number of piperazine rings is 1. The maximum absolute atomic E-state index is 14.0. The summed E-state index contributed by atoms with van der Waals surface area (Å²) < 4.78 is 16.1. The molecule has 0 aliphatic carbocycles. The molecule has 0 amide bonds. The van der Waals surface area contributed by atoms with E-state index >= 15 is 0 Å². The molecule has 1 aliphatic heterocycles. The van der Waals surface area contributed by atoms with Crippen LogP contribution in [0.4, 0.5) is 4.39 Å². The van der Waals surface area contributed by atoms with Crippen LogP contribution < -0.4 is 9.80 Å². The third-order valence-corrected chi connectivity index (χ3v) is 6.12. The standard InChI is InChI=1S/C22H25ClFN3O/c23-20-5-3-6-21(24)19(20)16-26-12-10-25(11-13-26)14-18(28)15-27-9-8-17-4-1-2-7-22(17)27/h1-9,18,28H,10-16H2/p+2/t18-/m0/s1. The number of aliphatic hydroxyl groups is 1. The van der Waals surface area contributed by atoms with Gasteiger partial charge in [-0.15, -0.1) is 0 Å². The summed E-state index contributed by atoms with van der Waals surface area (Å²) in [4.78, 5) is 2.76. The van der Waals surface area contributed by atoms with Crippen molar-refractivity contribution in [3.8, 4) is 0 Å². The molecular formula is C22H27ClFN3O+2. The number of benzene rings is 2. The van der Waals surface area contributed by atoms with Crippen molar-refractivity contribution in [3.63, 3.8) is 0 Å². The average molecular weight is 404 g/mol. The van der Waals surface area contributed by atoms with Gasteiger partial charge in [0.1, 0.15) is 51.2 Å². The molecule has 3 N–H and O–H groups in total. The summed E-state index contributed by atoms with van der Waals surface area (Å²) in [5.41, 5.74) is 1.77. The number of quaternary nitrogens is 2. The van der Waals surface area contributed by atoms with Gasteiger partial charge in [-0.05, 0) is 29.7 Å². The number of halogens is 2. The number of nitrogens with zero attached hydrogens (tertiary/aromatic N) is 1. The smallest absolute Gasteiger partial charge is 0.133 e. The van der Waals surface area contributed by atoms with Crippen molar-refractivity contribution in [1.29, 1.82) is 0 Å². The van der Waals surface area contributed by atoms with Crippen molar-refractivity contribution in [3.05, 3.63) is 71.1 Å². The van der Waals surface area contributed by atoms with Gasteiger partial charge in [0, 0.05) is 11.7 Å². The molecule has 1 saturated heterocycles. The number of aromatic nitrogens is 1. The first-order valence-corrected chi connectivity index (χ1v) is 10.3. The lowest BCUT2D eigenvalue weighted by molar-refractivity contribution is -1.02. The van der Waals surface area contributed by atoms with Gasteiger partial charge in [0.2, 0.25) is 0 Å². The molecule has 4 rings (SSSR count). The van der Waals surface area contributed by atoms with Gasteiger partial charge in [0.05, 0.1) is 17.1 Å². The first kappa shape index (κ1) is 19.4. The second kappa shape index (κ2) is 8.62. The second-order valence-corrected chi connectivity index (χ2v) is 8.17. The van der Waals surface area contributed by atoms with E-state index in [0.29, 0.717) is 23.7 Å². The lowest BCUT2D eigenvalue weighted by atomic mass is 10.1. The molecule has 0 spiro atoms. The normalized spacial score (nSPS) is 21.1. The number of nitrogens with one attached hydrogen (secondary N) is 2. The van der Waals surface area contributed by atoms with E-state index < -0.39 is 0 Å². The van der Waals surface area contributed by atoms with Crippen LogP contribution in [0.5, 0.6) is 0 Å². The number of rotatable bonds is 6. The summed E-state index contributed by atoms with van der Waals surface area (Å²) in [6.45, 7) is 5.84. The highest BCUT2D eigenvalue weighted by molar-refractivity contribution is 6.31. The van der Waals surface area contributed by atoms with Crippen LogP contribution in [-0.4, -0.2) is 48.5 Å². The Morgan fingerprint density at radius 2 is 1.75 bits per heavy atom.